The highest BCUT2D eigenvalue weighted by atomic mass is 16.6. The molecule has 1 fully saturated rings. The molecule has 1 unspecified atom stereocenters. The number of benzene rings is 2. The van der Waals surface area contributed by atoms with Gasteiger partial charge in [-0.3, -0.25) is 0 Å². The quantitative estimate of drug-likeness (QED) is 0.616. The van der Waals surface area contributed by atoms with E-state index in [2.05, 4.69) is 26.9 Å². The lowest BCUT2D eigenvalue weighted by atomic mass is 9.98. The molecule has 33 heavy (non-hydrogen) atoms. The van der Waals surface area contributed by atoms with Crippen LogP contribution in [0.25, 0.3) is 11.0 Å². The van der Waals surface area contributed by atoms with Crippen molar-refractivity contribution in [1.82, 2.24) is 14.9 Å². The average molecular weight is 446 g/mol. The van der Waals surface area contributed by atoms with Gasteiger partial charge in [0.25, 0.3) is 0 Å². The standard InChI is InChI=1S/C26H31N5O2/c1-26(2,3)33-25(32)28-16-19-9-8-14-30(17-19)24-29-22-12-6-7-13-23(22)31(24)18-21-11-5-4-10-20(21)15-27/h4-7,10-13,19H,8-9,14,16-18H2,1-3H3,(H,28,32). The Hall–Kier alpha value is -3.53. The second kappa shape index (κ2) is 9.53. The van der Waals surface area contributed by atoms with Crippen molar-refractivity contribution >= 4 is 23.1 Å². The monoisotopic (exact) mass is 445 g/mol. The van der Waals surface area contributed by atoms with Gasteiger partial charge in [-0.15, -0.1) is 0 Å². The number of ether oxygens (including phenoxy) is 1. The SMILES string of the molecule is CC(C)(C)OC(=O)NCC1CCCN(c2nc3ccccc3n2Cc2ccccc2C#N)C1. The number of anilines is 1. The third kappa shape index (κ3) is 5.46. The number of fused-ring (bicyclic) bond motifs is 1. The maximum absolute atomic E-state index is 12.1. The molecule has 1 aliphatic rings. The molecule has 1 saturated heterocycles. The van der Waals surface area contributed by atoms with Crippen LogP contribution in [0.1, 0.15) is 44.7 Å². The van der Waals surface area contributed by atoms with Gasteiger partial charge in [-0.2, -0.15) is 5.26 Å². The van der Waals surface area contributed by atoms with E-state index in [-0.39, 0.29) is 6.09 Å². The van der Waals surface area contributed by atoms with Crippen LogP contribution in [-0.4, -0.2) is 40.9 Å². The molecule has 2 heterocycles. The molecule has 0 spiro atoms. The van der Waals surface area contributed by atoms with Gasteiger partial charge in [0, 0.05) is 19.6 Å². The van der Waals surface area contributed by atoms with Crippen LogP contribution in [0.2, 0.25) is 0 Å². The first-order valence-electron chi connectivity index (χ1n) is 11.5. The highest BCUT2D eigenvalue weighted by Gasteiger charge is 2.26. The number of carbonyl (C=O) groups excluding carboxylic acids is 1. The van der Waals surface area contributed by atoms with E-state index in [4.69, 9.17) is 9.72 Å². The third-order valence-corrected chi connectivity index (χ3v) is 5.84. The zero-order valence-corrected chi connectivity index (χ0v) is 19.5. The van der Waals surface area contributed by atoms with Crippen LogP contribution in [0.3, 0.4) is 0 Å². The fraction of sp³-hybridized carbons (Fsp3) is 0.423. The van der Waals surface area contributed by atoms with E-state index in [1.54, 1.807) is 0 Å². The smallest absolute Gasteiger partial charge is 0.407 e. The highest BCUT2D eigenvalue weighted by molar-refractivity contribution is 5.79. The molecule has 0 aliphatic carbocycles. The molecular formula is C26H31N5O2. The molecule has 1 aliphatic heterocycles. The molecule has 2 aromatic carbocycles. The summed E-state index contributed by atoms with van der Waals surface area (Å²) in [6.45, 7) is 8.46. The Morgan fingerprint density at radius 2 is 1.97 bits per heavy atom. The van der Waals surface area contributed by atoms with E-state index in [0.717, 1.165) is 48.5 Å². The number of hydrogen-bond acceptors (Lipinski definition) is 5. The molecule has 1 amide bonds. The Labute approximate surface area is 195 Å². The van der Waals surface area contributed by atoms with Gasteiger partial charge in [-0.05, 0) is 63.3 Å². The Balaban J connectivity index is 1.56. The predicted octanol–water partition coefficient (Wildman–Crippen LogP) is 4.70. The maximum Gasteiger partial charge on any atom is 0.407 e. The number of alkyl carbamates (subject to hydrolysis) is 1. The summed E-state index contributed by atoms with van der Waals surface area (Å²) in [7, 11) is 0. The number of para-hydroxylation sites is 2. The Bertz CT molecular complexity index is 1170. The maximum atomic E-state index is 12.1. The van der Waals surface area contributed by atoms with Crippen LogP contribution in [0.5, 0.6) is 0 Å². The van der Waals surface area contributed by atoms with Gasteiger partial charge in [0.05, 0.1) is 29.2 Å². The number of amides is 1. The van der Waals surface area contributed by atoms with Crippen molar-refractivity contribution < 1.29 is 9.53 Å². The van der Waals surface area contributed by atoms with Crippen molar-refractivity contribution in [3.63, 3.8) is 0 Å². The fourth-order valence-corrected chi connectivity index (χ4v) is 4.35. The largest absolute Gasteiger partial charge is 0.444 e. The van der Waals surface area contributed by atoms with Gasteiger partial charge >= 0.3 is 6.09 Å². The lowest BCUT2D eigenvalue weighted by Gasteiger charge is -2.34. The molecule has 0 saturated carbocycles. The fourth-order valence-electron chi connectivity index (χ4n) is 4.35. The summed E-state index contributed by atoms with van der Waals surface area (Å²) in [4.78, 5) is 19.4. The van der Waals surface area contributed by atoms with E-state index >= 15 is 0 Å². The molecule has 7 heteroatoms. The molecule has 1 N–H and O–H groups in total. The molecule has 0 radical (unpaired) electrons. The van der Waals surface area contributed by atoms with Crippen molar-refractivity contribution in [2.24, 2.45) is 5.92 Å². The predicted molar refractivity (Wildman–Crippen MR) is 129 cm³/mol. The minimum absolute atomic E-state index is 0.311. The summed E-state index contributed by atoms with van der Waals surface area (Å²) in [6, 6.07) is 18.1. The van der Waals surface area contributed by atoms with Crippen LogP contribution in [0.4, 0.5) is 10.7 Å². The molecule has 4 rings (SSSR count). The Morgan fingerprint density at radius 1 is 1.21 bits per heavy atom. The second-order valence-electron chi connectivity index (χ2n) is 9.59. The van der Waals surface area contributed by atoms with Gasteiger partial charge in [-0.25, -0.2) is 9.78 Å². The van der Waals surface area contributed by atoms with Crippen LogP contribution in [0, 0.1) is 17.2 Å². The van der Waals surface area contributed by atoms with Crippen molar-refractivity contribution in [3.8, 4) is 6.07 Å². The minimum Gasteiger partial charge on any atom is -0.444 e. The first-order chi connectivity index (χ1) is 15.8. The Morgan fingerprint density at radius 3 is 2.76 bits per heavy atom. The van der Waals surface area contributed by atoms with Crippen molar-refractivity contribution in [2.75, 3.05) is 24.5 Å². The van der Waals surface area contributed by atoms with E-state index in [1.165, 1.54) is 0 Å². The molecule has 7 nitrogen and oxygen atoms in total. The summed E-state index contributed by atoms with van der Waals surface area (Å²) in [5, 5.41) is 12.5. The summed E-state index contributed by atoms with van der Waals surface area (Å²) in [6.07, 6.45) is 1.70. The van der Waals surface area contributed by atoms with Gasteiger partial charge in [-0.1, -0.05) is 30.3 Å². The van der Waals surface area contributed by atoms with E-state index in [0.29, 0.717) is 24.6 Å². The number of nitriles is 1. The molecule has 3 aromatic rings. The summed E-state index contributed by atoms with van der Waals surface area (Å²) in [5.41, 5.74) is 3.14. The van der Waals surface area contributed by atoms with E-state index < -0.39 is 5.60 Å². The second-order valence-corrected chi connectivity index (χ2v) is 9.59. The summed E-state index contributed by atoms with van der Waals surface area (Å²) >= 11 is 0. The number of hydrogen-bond donors (Lipinski definition) is 1. The lowest BCUT2D eigenvalue weighted by molar-refractivity contribution is 0.0517. The number of rotatable bonds is 5. The third-order valence-electron chi connectivity index (χ3n) is 5.84. The number of aromatic nitrogens is 2. The van der Waals surface area contributed by atoms with Gasteiger partial charge in [0.1, 0.15) is 5.60 Å². The van der Waals surface area contributed by atoms with E-state index in [1.807, 2.05) is 63.2 Å². The van der Waals surface area contributed by atoms with Gasteiger partial charge < -0.3 is 19.5 Å². The van der Waals surface area contributed by atoms with Crippen molar-refractivity contribution in [1.29, 1.82) is 5.26 Å². The number of carbonyl (C=O) groups is 1. The first-order valence-corrected chi connectivity index (χ1v) is 11.5. The van der Waals surface area contributed by atoms with E-state index in [9.17, 15) is 10.1 Å². The first kappa shape index (κ1) is 22.7. The van der Waals surface area contributed by atoms with Crippen LogP contribution < -0.4 is 10.2 Å². The molecule has 0 bridgehead atoms. The highest BCUT2D eigenvalue weighted by Crippen LogP contribution is 2.28. The normalized spacial score (nSPS) is 16.4. The van der Waals surface area contributed by atoms with Gasteiger partial charge in [0.15, 0.2) is 0 Å². The van der Waals surface area contributed by atoms with Crippen LogP contribution in [0.15, 0.2) is 48.5 Å². The van der Waals surface area contributed by atoms with Crippen molar-refractivity contribution in [3.05, 3.63) is 59.7 Å². The zero-order valence-electron chi connectivity index (χ0n) is 19.5. The number of imidazole rings is 1. The van der Waals surface area contributed by atoms with Crippen molar-refractivity contribution in [2.45, 2.75) is 45.8 Å². The topological polar surface area (TPSA) is 83.2 Å². The van der Waals surface area contributed by atoms with Crippen LogP contribution in [-0.2, 0) is 11.3 Å². The summed E-state index contributed by atoms with van der Waals surface area (Å²) in [5.74, 6) is 1.22. The molecule has 1 aromatic heterocycles. The molecule has 1 atom stereocenters. The molecule has 172 valence electrons. The zero-order chi connectivity index (χ0) is 23.4. The average Bonchev–Trinajstić information content (AvgIpc) is 3.16. The molecular weight excluding hydrogens is 414 g/mol. The van der Waals surface area contributed by atoms with Crippen LogP contribution >= 0.6 is 0 Å². The number of nitrogens with zero attached hydrogens (tertiary/aromatic N) is 4. The summed E-state index contributed by atoms with van der Waals surface area (Å²) < 4.78 is 7.58. The number of piperidine rings is 1. The lowest BCUT2D eigenvalue weighted by Crippen LogP contribution is -2.43. The Kier molecular flexibility index (Phi) is 6.55. The number of nitrogens with one attached hydrogen (secondary N) is 1. The minimum atomic E-state index is -0.507. The van der Waals surface area contributed by atoms with Gasteiger partial charge in [0.2, 0.25) is 5.95 Å².